The number of amides is 1. The summed E-state index contributed by atoms with van der Waals surface area (Å²) in [5.41, 5.74) is 8.88. The maximum Gasteiger partial charge on any atom is 0.273 e. The first-order chi connectivity index (χ1) is 11.2. The number of hydrogen-bond donors (Lipinski definition) is 2. The van der Waals surface area contributed by atoms with Crippen molar-refractivity contribution >= 4 is 11.6 Å². The van der Waals surface area contributed by atoms with Gasteiger partial charge < -0.3 is 15.5 Å². The second-order valence-electron chi connectivity index (χ2n) is 5.74. The van der Waals surface area contributed by atoms with Crippen molar-refractivity contribution in [1.82, 2.24) is 10.3 Å². The first-order valence-corrected chi connectivity index (χ1v) is 8.00. The molecule has 0 aliphatic heterocycles. The number of carbonyl (C=O) groups is 1. The van der Waals surface area contributed by atoms with Crippen LogP contribution >= 0.6 is 0 Å². The molecule has 3 rings (SSSR count). The van der Waals surface area contributed by atoms with Crippen LogP contribution in [0, 0.1) is 0 Å². The van der Waals surface area contributed by atoms with Crippen LogP contribution in [-0.2, 0) is 0 Å². The summed E-state index contributed by atoms with van der Waals surface area (Å²) in [4.78, 5) is 16.4. The van der Waals surface area contributed by atoms with Gasteiger partial charge in [-0.25, -0.2) is 4.98 Å². The van der Waals surface area contributed by atoms with Crippen LogP contribution in [0.4, 0.5) is 5.69 Å². The van der Waals surface area contributed by atoms with Gasteiger partial charge in [0.25, 0.3) is 5.91 Å². The van der Waals surface area contributed by atoms with Gasteiger partial charge in [-0.1, -0.05) is 23.8 Å². The summed E-state index contributed by atoms with van der Waals surface area (Å²) >= 11 is 0. The number of nitrogens with zero attached hydrogens (tertiary/aromatic N) is 1. The van der Waals surface area contributed by atoms with Gasteiger partial charge in [0.1, 0.15) is 6.26 Å². The highest BCUT2D eigenvalue weighted by Gasteiger charge is 2.14. The maximum atomic E-state index is 12.1. The van der Waals surface area contributed by atoms with E-state index in [-0.39, 0.29) is 11.6 Å². The van der Waals surface area contributed by atoms with Crippen LogP contribution in [-0.4, -0.2) is 17.4 Å². The van der Waals surface area contributed by atoms with E-state index in [0.29, 0.717) is 23.7 Å². The van der Waals surface area contributed by atoms with E-state index >= 15 is 0 Å². The van der Waals surface area contributed by atoms with Crippen LogP contribution in [0.2, 0.25) is 0 Å². The summed E-state index contributed by atoms with van der Waals surface area (Å²) in [7, 11) is 0. The minimum Gasteiger partial charge on any atom is -0.444 e. The fourth-order valence-electron chi connectivity index (χ4n) is 2.75. The molecule has 0 saturated carbocycles. The third kappa shape index (κ3) is 3.80. The summed E-state index contributed by atoms with van der Waals surface area (Å²) in [5.74, 6) is 0.147. The SMILES string of the molecule is Nc1ccccc1-c1nc(C(=O)NCCC2=CCCCC2)co1. The Kier molecular flexibility index (Phi) is 4.76. The molecule has 1 heterocycles. The number of allylic oxidation sites excluding steroid dienone is 1. The molecule has 1 aliphatic rings. The maximum absolute atomic E-state index is 12.1. The zero-order valence-electron chi connectivity index (χ0n) is 13.0. The van der Waals surface area contributed by atoms with Gasteiger partial charge in [-0.05, 0) is 44.2 Å². The Labute approximate surface area is 135 Å². The normalized spacial score (nSPS) is 14.3. The van der Waals surface area contributed by atoms with Crippen molar-refractivity contribution in [2.24, 2.45) is 0 Å². The van der Waals surface area contributed by atoms with Crippen LogP contribution in [0.1, 0.15) is 42.6 Å². The Hall–Kier alpha value is -2.56. The minimum atomic E-state index is -0.217. The third-order valence-corrected chi connectivity index (χ3v) is 4.04. The topological polar surface area (TPSA) is 81.1 Å². The molecule has 0 unspecified atom stereocenters. The molecule has 5 nitrogen and oxygen atoms in total. The molecule has 1 aliphatic carbocycles. The van der Waals surface area contributed by atoms with E-state index in [9.17, 15) is 4.79 Å². The molecule has 0 saturated heterocycles. The number of carbonyl (C=O) groups excluding carboxylic acids is 1. The second kappa shape index (κ2) is 7.13. The second-order valence-corrected chi connectivity index (χ2v) is 5.74. The lowest BCUT2D eigenvalue weighted by Gasteiger charge is -2.12. The van der Waals surface area contributed by atoms with Gasteiger partial charge in [0, 0.05) is 12.2 Å². The van der Waals surface area contributed by atoms with Crippen LogP contribution in [0.25, 0.3) is 11.5 Å². The lowest BCUT2D eigenvalue weighted by Crippen LogP contribution is -2.25. The van der Waals surface area contributed by atoms with Crippen molar-refractivity contribution in [2.75, 3.05) is 12.3 Å². The molecule has 0 fully saturated rings. The molecule has 1 amide bonds. The van der Waals surface area contributed by atoms with E-state index in [0.717, 1.165) is 19.3 Å². The van der Waals surface area contributed by atoms with Gasteiger partial charge in [0.15, 0.2) is 5.69 Å². The largest absolute Gasteiger partial charge is 0.444 e. The molecule has 0 spiro atoms. The number of nitrogens with two attached hydrogens (primary N) is 1. The van der Waals surface area contributed by atoms with Gasteiger partial charge in [0.2, 0.25) is 5.89 Å². The van der Waals surface area contributed by atoms with Gasteiger partial charge in [-0.2, -0.15) is 0 Å². The average Bonchev–Trinajstić information content (AvgIpc) is 3.06. The minimum absolute atomic E-state index is 0.217. The number of anilines is 1. The molecule has 1 aromatic carbocycles. The molecule has 5 heteroatoms. The van der Waals surface area contributed by atoms with E-state index in [1.165, 1.54) is 24.7 Å². The Morgan fingerprint density at radius 1 is 1.30 bits per heavy atom. The third-order valence-electron chi connectivity index (χ3n) is 4.04. The highest BCUT2D eigenvalue weighted by molar-refractivity contribution is 5.92. The number of oxazole rings is 1. The fraction of sp³-hybridized carbons (Fsp3) is 0.333. The Balaban J connectivity index is 1.58. The fourth-order valence-corrected chi connectivity index (χ4v) is 2.75. The number of nitrogens with one attached hydrogen (secondary N) is 1. The lowest BCUT2D eigenvalue weighted by molar-refractivity contribution is 0.0949. The number of benzene rings is 1. The van der Waals surface area contributed by atoms with Gasteiger partial charge >= 0.3 is 0 Å². The van der Waals surface area contributed by atoms with Crippen LogP contribution in [0.15, 0.2) is 46.6 Å². The molecule has 2 aromatic rings. The number of para-hydroxylation sites is 1. The monoisotopic (exact) mass is 311 g/mol. The Bertz CT molecular complexity index is 719. The molecule has 0 atom stereocenters. The molecule has 120 valence electrons. The lowest BCUT2D eigenvalue weighted by atomic mass is 9.97. The predicted octanol–water partition coefficient (Wildman–Crippen LogP) is 3.54. The molecule has 0 bridgehead atoms. The zero-order chi connectivity index (χ0) is 16.1. The van der Waals surface area contributed by atoms with Crippen molar-refractivity contribution in [3.05, 3.63) is 47.9 Å². The molecule has 23 heavy (non-hydrogen) atoms. The summed E-state index contributed by atoms with van der Waals surface area (Å²) in [6.07, 6.45) is 9.41. The summed E-state index contributed by atoms with van der Waals surface area (Å²) < 4.78 is 5.39. The zero-order valence-corrected chi connectivity index (χ0v) is 13.0. The van der Waals surface area contributed by atoms with Crippen LogP contribution in [0.3, 0.4) is 0 Å². The van der Waals surface area contributed by atoms with Crippen LogP contribution < -0.4 is 11.1 Å². The van der Waals surface area contributed by atoms with E-state index in [1.54, 1.807) is 6.07 Å². The van der Waals surface area contributed by atoms with E-state index in [2.05, 4.69) is 16.4 Å². The molecular weight excluding hydrogens is 290 g/mol. The number of rotatable bonds is 5. The number of aromatic nitrogens is 1. The van der Waals surface area contributed by atoms with Crippen molar-refractivity contribution in [3.8, 4) is 11.5 Å². The van der Waals surface area contributed by atoms with Crippen LogP contribution in [0.5, 0.6) is 0 Å². The van der Waals surface area contributed by atoms with Crippen molar-refractivity contribution in [3.63, 3.8) is 0 Å². The number of nitrogen functional groups attached to an aromatic ring is 1. The highest BCUT2D eigenvalue weighted by atomic mass is 16.3. The molecule has 1 aromatic heterocycles. The van der Waals surface area contributed by atoms with Gasteiger partial charge in [0.05, 0.1) is 5.56 Å². The smallest absolute Gasteiger partial charge is 0.273 e. The first kappa shape index (κ1) is 15.3. The quantitative estimate of drug-likeness (QED) is 0.653. The van der Waals surface area contributed by atoms with Gasteiger partial charge in [-0.15, -0.1) is 0 Å². The standard InChI is InChI=1S/C18H21N3O2/c19-15-9-5-4-8-14(15)18-21-16(12-23-18)17(22)20-11-10-13-6-2-1-3-7-13/h4-6,8-9,12H,1-3,7,10-11,19H2,(H,20,22). The first-order valence-electron chi connectivity index (χ1n) is 8.00. The molecular formula is C18H21N3O2. The average molecular weight is 311 g/mol. The summed E-state index contributed by atoms with van der Waals surface area (Å²) in [6.45, 7) is 0.625. The summed E-state index contributed by atoms with van der Waals surface area (Å²) in [5, 5.41) is 2.89. The van der Waals surface area contributed by atoms with Crippen molar-refractivity contribution < 1.29 is 9.21 Å². The Morgan fingerprint density at radius 3 is 2.96 bits per heavy atom. The Morgan fingerprint density at radius 2 is 2.17 bits per heavy atom. The van der Waals surface area contributed by atoms with E-state index in [1.807, 2.05) is 18.2 Å². The van der Waals surface area contributed by atoms with E-state index in [4.69, 9.17) is 10.2 Å². The van der Waals surface area contributed by atoms with Gasteiger partial charge in [-0.3, -0.25) is 4.79 Å². The van der Waals surface area contributed by atoms with Crippen molar-refractivity contribution in [2.45, 2.75) is 32.1 Å². The highest BCUT2D eigenvalue weighted by Crippen LogP contribution is 2.24. The summed E-state index contributed by atoms with van der Waals surface area (Å²) in [6, 6.07) is 7.29. The van der Waals surface area contributed by atoms with E-state index < -0.39 is 0 Å². The predicted molar refractivity (Wildman–Crippen MR) is 89.9 cm³/mol. The van der Waals surface area contributed by atoms with Crippen molar-refractivity contribution in [1.29, 1.82) is 0 Å². The molecule has 3 N–H and O–H groups in total. The number of hydrogen-bond acceptors (Lipinski definition) is 4. The molecule has 0 radical (unpaired) electrons.